The molecule has 0 aliphatic carbocycles. The quantitative estimate of drug-likeness (QED) is 0.306. The van der Waals surface area contributed by atoms with E-state index in [0.29, 0.717) is 21.9 Å². The number of benzene rings is 3. The van der Waals surface area contributed by atoms with E-state index in [9.17, 15) is 24.3 Å². The number of carbonyl (C=O) groups is 3. The molecule has 194 valence electrons. The molecule has 4 rings (SSSR count). The third-order valence-electron chi connectivity index (χ3n) is 6.21. The van der Waals surface area contributed by atoms with Crippen molar-refractivity contribution in [2.24, 2.45) is 7.05 Å². The van der Waals surface area contributed by atoms with Crippen LogP contribution in [-0.2, 0) is 16.6 Å². The van der Waals surface area contributed by atoms with E-state index in [-0.39, 0.29) is 33.9 Å². The van der Waals surface area contributed by atoms with Gasteiger partial charge in [0.05, 0.1) is 10.6 Å². The summed E-state index contributed by atoms with van der Waals surface area (Å²) in [4.78, 5) is 51.1. The molecule has 0 aliphatic rings. The maximum absolute atomic E-state index is 13.6. The molecule has 9 heteroatoms. The number of nitrogens with zero attached hydrogens (tertiary/aromatic N) is 1. The Morgan fingerprint density at radius 1 is 1.03 bits per heavy atom. The third-order valence-corrected chi connectivity index (χ3v) is 6.54. The van der Waals surface area contributed by atoms with Crippen LogP contribution < -0.4 is 10.9 Å². The lowest BCUT2D eigenvalue weighted by molar-refractivity contribution is -0.124. The van der Waals surface area contributed by atoms with Crippen LogP contribution in [0.1, 0.15) is 39.8 Å². The highest BCUT2D eigenvalue weighted by Gasteiger charge is 2.28. The zero-order valence-electron chi connectivity index (χ0n) is 20.9. The molecular weight excluding hydrogens is 508 g/mol. The van der Waals surface area contributed by atoms with Crippen LogP contribution in [0.15, 0.2) is 71.5 Å². The van der Waals surface area contributed by atoms with E-state index in [1.54, 1.807) is 31.2 Å². The lowest BCUT2D eigenvalue weighted by atomic mass is 9.96. The summed E-state index contributed by atoms with van der Waals surface area (Å²) in [5.41, 5.74) is 1.92. The van der Waals surface area contributed by atoms with Crippen LogP contribution in [0.4, 0.5) is 5.69 Å². The summed E-state index contributed by atoms with van der Waals surface area (Å²) < 4.78 is 6.88. The summed E-state index contributed by atoms with van der Waals surface area (Å²) in [5.74, 6) is -2.73. The molecule has 4 aromatic rings. The maximum Gasteiger partial charge on any atom is 0.356 e. The normalized spacial score (nSPS) is 11.7. The average Bonchev–Trinajstić information content (AvgIpc) is 2.90. The zero-order chi connectivity index (χ0) is 27.6. The number of carboxylic acid groups (broad SMARTS) is 1. The lowest BCUT2D eigenvalue weighted by Gasteiger charge is -2.20. The summed E-state index contributed by atoms with van der Waals surface area (Å²) in [6.07, 6.45) is -1.07. The van der Waals surface area contributed by atoms with Gasteiger partial charge < -0.3 is 19.7 Å². The first kappa shape index (κ1) is 26.6. The van der Waals surface area contributed by atoms with E-state index >= 15 is 0 Å². The minimum absolute atomic E-state index is 0.0171. The van der Waals surface area contributed by atoms with Crippen molar-refractivity contribution in [1.82, 2.24) is 4.57 Å². The summed E-state index contributed by atoms with van der Waals surface area (Å²) in [6.45, 7) is 3.62. The Bertz CT molecular complexity index is 1630. The van der Waals surface area contributed by atoms with Crippen LogP contribution in [-0.4, -0.2) is 33.6 Å². The first-order valence-electron chi connectivity index (χ1n) is 11.9. The fourth-order valence-corrected chi connectivity index (χ4v) is 4.41. The fraction of sp³-hybridized carbons (Fsp3) is 0.172. The second-order valence-corrected chi connectivity index (χ2v) is 9.20. The molecular formula is C29H25ClN2O6. The monoisotopic (exact) mass is 532 g/mol. The van der Waals surface area contributed by atoms with Crippen LogP contribution in [0.5, 0.6) is 0 Å². The lowest BCUT2D eigenvalue weighted by Crippen LogP contribution is -2.34. The molecule has 1 unspecified atom stereocenters. The standard InChI is InChI=1S/C29H25ClN2O6/c1-4-23(26(33)31-18-13-14-22(30)21(15-18)28(35)36)38-29(37)25-24(17-11-9-16(2)10-12-17)19-7-5-6-8-20(19)27(34)32(25)3/h5-15,23H,4H2,1-3H3,(H,31,33)(H,35,36). The van der Waals surface area contributed by atoms with Gasteiger partial charge in [0, 0.05) is 23.7 Å². The van der Waals surface area contributed by atoms with Crippen LogP contribution >= 0.6 is 11.6 Å². The number of aromatic nitrogens is 1. The van der Waals surface area contributed by atoms with Crippen molar-refractivity contribution in [3.8, 4) is 11.1 Å². The van der Waals surface area contributed by atoms with E-state index in [1.165, 1.54) is 29.8 Å². The Morgan fingerprint density at radius 2 is 1.68 bits per heavy atom. The van der Waals surface area contributed by atoms with Gasteiger partial charge in [0.1, 0.15) is 5.69 Å². The van der Waals surface area contributed by atoms with Gasteiger partial charge in [-0.15, -0.1) is 0 Å². The zero-order valence-corrected chi connectivity index (χ0v) is 21.7. The number of nitrogens with one attached hydrogen (secondary N) is 1. The van der Waals surface area contributed by atoms with E-state index in [0.717, 1.165) is 5.56 Å². The Balaban J connectivity index is 1.73. The number of fused-ring (bicyclic) bond motifs is 1. The van der Waals surface area contributed by atoms with E-state index in [2.05, 4.69) is 5.32 Å². The van der Waals surface area contributed by atoms with Gasteiger partial charge in [0.2, 0.25) is 0 Å². The van der Waals surface area contributed by atoms with E-state index < -0.39 is 23.9 Å². The van der Waals surface area contributed by atoms with E-state index in [1.807, 2.05) is 31.2 Å². The number of carboxylic acids is 1. The molecule has 0 radical (unpaired) electrons. The number of pyridine rings is 1. The molecule has 38 heavy (non-hydrogen) atoms. The second-order valence-electron chi connectivity index (χ2n) is 8.79. The Kier molecular flexibility index (Phi) is 7.64. The van der Waals surface area contributed by atoms with Crippen LogP contribution in [0, 0.1) is 6.92 Å². The van der Waals surface area contributed by atoms with Crippen LogP contribution in [0.3, 0.4) is 0 Å². The number of amides is 1. The predicted octanol–water partition coefficient (Wildman–Crippen LogP) is 5.44. The molecule has 2 N–H and O–H groups in total. The smallest absolute Gasteiger partial charge is 0.356 e. The topological polar surface area (TPSA) is 115 Å². The number of rotatable bonds is 7. The molecule has 0 saturated heterocycles. The molecule has 0 bridgehead atoms. The molecule has 1 heterocycles. The number of hydrogen-bond acceptors (Lipinski definition) is 5. The molecule has 1 amide bonds. The van der Waals surface area contributed by atoms with Crippen molar-refractivity contribution in [3.05, 3.63) is 98.9 Å². The van der Waals surface area contributed by atoms with Crippen molar-refractivity contribution in [2.75, 3.05) is 5.32 Å². The summed E-state index contributed by atoms with van der Waals surface area (Å²) in [7, 11) is 1.49. The summed E-state index contributed by atoms with van der Waals surface area (Å²) >= 11 is 5.91. The van der Waals surface area contributed by atoms with Gasteiger partial charge >= 0.3 is 11.9 Å². The number of aromatic carboxylic acids is 1. The predicted molar refractivity (Wildman–Crippen MR) is 146 cm³/mol. The molecule has 8 nitrogen and oxygen atoms in total. The number of esters is 1. The number of carbonyl (C=O) groups excluding carboxylic acids is 2. The molecule has 0 spiro atoms. The third kappa shape index (κ3) is 5.17. The SMILES string of the molecule is CCC(OC(=O)c1c(-c2ccc(C)cc2)c2ccccc2c(=O)n1C)C(=O)Nc1ccc(Cl)c(C(=O)O)c1. The Hall–Kier alpha value is -4.43. The number of anilines is 1. The first-order valence-corrected chi connectivity index (χ1v) is 12.2. The second kappa shape index (κ2) is 10.9. The van der Waals surface area contributed by atoms with Gasteiger partial charge in [0.15, 0.2) is 6.10 Å². The van der Waals surface area contributed by atoms with Gasteiger partial charge in [-0.25, -0.2) is 9.59 Å². The van der Waals surface area contributed by atoms with Crippen molar-refractivity contribution in [1.29, 1.82) is 0 Å². The van der Waals surface area contributed by atoms with Crippen molar-refractivity contribution >= 4 is 45.9 Å². The highest BCUT2D eigenvalue weighted by Crippen LogP contribution is 2.31. The summed E-state index contributed by atoms with van der Waals surface area (Å²) in [6, 6.07) is 18.6. The van der Waals surface area contributed by atoms with Crippen LogP contribution in [0.25, 0.3) is 21.9 Å². The van der Waals surface area contributed by atoms with E-state index in [4.69, 9.17) is 16.3 Å². The van der Waals surface area contributed by atoms with Gasteiger partial charge in [-0.3, -0.25) is 9.59 Å². The highest BCUT2D eigenvalue weighted by molar-refractivity contribution is 6.33. The van der Waals surface area contributed by atoms with Crippen molar-refractivity contribution < 1.29 is 24.2 Å². The molecule has 3 aromatic carbocycles. The largest absolute Gasteiger partial charge is 0.478 e. The fourth-order valence-electron chi connectivity index (χ4n) is 4.21. The average molecular weight is 533 g/mol. The first-order chi connectivity index (χ1) is 18.1. The minimum Gasteiger partial charge on any atom is -0.478 e. The van der Waals surface area contributed by atoms with Gasteiger partial charge in [0.25, 0.3) is 11.5 Å². The molecule has 1 aromatic heterocycles. The minimum atomic E-state index is -1.24. The van der Waals surface area contributed by atoms with Crippen molar-refractivity contribution in [3.63, 3.8) is 0 Å². The Labute approximate surface area is 223 Å². The maximum atomic E-state index is 13.6. The number of halogens is 1. The molecule has 0 aliphatic heterocycles. The van der Waals surface area contributed by atoms with Gasteiger partial charge in [-0.2, -0.15) is 0 Å². The Morgan fingerprint density at radius 3 is 2.32 bits per heavy atom. The van der Waals surface area contributed by atoms with Gasteiger partial charge in [-0.05, 0) is 48.6 Å². The van der Waals surface area contributed by atoms with Crippen molar-refractivity contribution in [2.45, 2.75) is 26.4 Å². The van der Waals surface area contributed by atoms with Gasteiger partial charge in [-0.1, -0.05) is 66.6 Å². The number of hydrogen-bond donors (Lipinski definition) is 2. The summed E-state index contributed by atoms with van der Waals surface area (Å²) in [5, 5.41) is 12.9. The molecule has 0 fully saturated rings. The van der Waals surface area contributed by atoms with Crippen LogP contribution in [0.2, 0.25) is 5.02 Å². The highest BCUT2D eigenvalue weighted by atomic mass is 35.5. The molecule has 1 atom stereocenters. The number of aryl methyl sites for hydroxylation is 1. The molecule has 0 saturated carbocycles. The number of ether oxygens (including phenoxy) is 1.